The van der Waals surface area contributed by atoms with E-state index in [1.54, 1.807) is 19.2 Å². The predicted octanol–water partition coefficient (Wildman–Crippen LogP) is -21.0. The van der Waals surface area contributed by atoms with Gasteiger partial charge in [-0.15, -0.1) is 0 Å². The highest BCUT2D eigenvalue weighted by Crippen LogP contribution is 2.50. The lowest BCUT2D eigenvalue weighted by Crippen LogP contribution is -2.99. The summed E-state index contributed by atoms with van der Waals surface area (Å²) in [6.07, 6.45) is -58.6. The van der Waals surface area contributed by atoms with E-state index in [9.17, 15) is 4.39 Å². The standard InChI is InChI=1S/C33H28BrFN2O2.B76/c1-38-30-18-26-22(16-31(30)39-19-20-6-10-23(34)11-7-20)14-15-37-29(26)17-27-25-4-2-3-5-28(25)36-32(27)33(37)21-8-12-24(35)13-9-21;1-40(2)59(39)69(60(41(3)4)42(5)6)74(70(61(43(7)8)44(9)10)62(45(11)12)46(13)14)76(73(67(55(31)32)56(33)34)68(57(35)36)58(37)38)75(71(63(47(15)16)48(17)18)64(49(19)20)50(21)22)72(65(51(23)24)52(25)26)66(53(27)28)54(29)30/h2-13,16,18,29,33,36H,14-15,17,19H2,1H3;. The SMILES string of the molecule is COc1cc2c(cc1OCc1ccc(Br)cc1)CCN1C2Cc2c([nH]c3ccccc23)C1c1ccc(F)cc1.[B]B([B])B([B])B(B(B([B])[B])B([B])[B])B(B(B(B([B])[B])B([B])[B])B(B([B])[B])B([B])[B])B(B(B(B([B])[B])B([B])[B])B(B([B])[B])B([B])[B])B(B(B(B([B])[B])B([B])[B])B(B([B])[B])B([B])[B])B(B(B([B])[B])B([B])[B])B(B([B])[B])B([B])[B]. The van der Waals surface area contributed by atoms with Crippen molar-refractivity contribution in [2.75, 3.05) is 13.7 Å². The Hall–Kier alpha value is 1.33. The molecule has 0 bridgehead atoms. The first-order valence-corrected chi connectivity index (χ1v) is 39.1. The monoisotopic (exact) mass is 1420 g/mol. The second kappa shape index (κ2) is 47.4. The number of methoxy groups -OCH3 is 1. The van der Waals surface area contributed by atoms with Gasteiger partial charge in [-0.2, -0.15) is 0 Å². The van der Waals surface area contributed by atoms with Crippen LogP contribution in [-0.2, 0) is 19.4 Å². The van der Waals surface area contributed by atoms with Crippen LogP contribution in [-0.4, -0.2) is 562 Å². The molecule has 1 aromatic heterocycles. The largest absolute Gasteiger partial charge is 0.493 e. The molecule has 2 unspecified atom stereocenters. The molecule has 3 heterocycles. The number of halogens is 2. The van der Waals surface area contributed by atoms with Crippen LogP contribution in [0.5, 0.6) is 11.5 Å². The van der Waals surface area contributed by atoms with Crippen molar-refractivity contribution in [1.82, 2.24) is 9.88 Å². The first kappa shape index (κ1) is 105. The molecule has 0 fully saturated rings. The number of benzene rings is 4. The van der Waals surface area contributed by atoms with Gasteiger partial charge in [0.05, 0.1) is 13.2 Å². The summed E-state index contributed by atoms with van der Waals surface area (Å²) >= 11 is 3.49. The number of nitrogens with one attached hydrogen (secondary N) is 1. The molecule has 82 heteroatoms. The molecule has 5 aromatic rings. The molecular formula is C33H28B76BrFN2O2. The minimum atomic E-state index is -1.85. The highest BCUT2D eigenvalue weighted by molar-refractivity contribution is 9.10. The van der Waals surface area contributed by atoms with Gasteiger partial charge in [0.2, 0.25) is 0 Å². The van der Waals surface area contributed by atoms with Crippen LogP contribution in [0.3, 0.4) is 0 Å². The van der Waals surface area contributed by atoms with Gasteiger partial charge in [0.15, 0.2) is 11.5 Å². The smallest absolute Gasteiger partial charge is 0.161 e. The van der Waals surface area contributed by atoms with Crippen molar-refractivity contribution in [3.05, 3.63) is 129 Å². The number of fused-ring (bicyclic) bond motifs is 6. The third kappa shape index (κ3) is 25.6. The van der Waals surface area contributed by atoms with Gasteiger partial charge >= 0.3 is 0 Å². The number of H-pyrrole nitrogens is 1. The number of nitrogens with zero attached hydrogens (tertiary/aromatic N) is 1. The van der Waals surface area contributed by atoms with E-state index in [1.165, 1.54) is 27.8 Å². The van der Waals surface area contributed by atoms with E-state index >= 15 is 0 Å². The molecule has 0 aliphatic carbocycles. The molecule has 0 spiro atoms. The average Bonchev–Trinajstić information content (AvgIpc) is 1.69. The number of aromatic amines is 1. The molecule has 2 atom stereocenters. The fourth-order valence-corrected chi connectivity index (χ4v) is 19.9. The topological polar surface area (TPSA) is 37.5 Å². The predicted molar refractivity (Wildman–Crippen MR) is 592 cm³/mol. The van der Waals surface area contributed by atoms with E-state index < -0.39 is 236 Å². The third-order valence-corrected chi connectivity index (χ3v) is 24.7. The number of para-hydroxylation sites is 1. The first-order valence-electron chi connectivity index (χ1n) is 38.3. The van der Waals surface area contributed by atoms with Crippen molar-refractivity contribution in [2.45, 2.75) is 31.5 Å². The summed E-state index contributed by atoms with van der Waals surface area (Å²) in [5.74, 6) is 1.30. The molecule has 1 N–H and O–H groups in total. The Kier molecular flexibility index (Phi) is 43.3. The van der Waals surface area contributed by atoms with Crippen LogP contribution in [0.25, 0.3) is 10.9 Å². The van der Waals surface area contributed by atoms with Gasteiger partial charge in [0.1, 0.15) is 12.4 Å². The Bertz CT molecular complexity index is 3510. The number of hydrogen-bond donors (Lipinski definition) is 1. The molecule has 78 radical (unpaired) electrons. The van der Waals surface area contributed by atoms with Gasteiger partial charge in [0, 0.05) is 572 Å². The summed E-state index contributed by atoms with van der Waals surface area (Å²) in [4.78, 5) is 6.29. The summed E-state index contributed by atoms with van der Waals surface area (Å²) < 4.78 is 27.1. The van der Waals surface area contributed by atoms with Gasteiger partial charge in [-0.3, -0.25) is 4.90 Å². The molecule has 4 nitrogen and oxygen atoms in total. The zero-order valence-electron chi connectivity index (χ0n) is 65.5. The summed E-state index contributed by atoms with van der Waals surface area (Å²) in [7, 11) is 267. The highest BCUT2D eigenvalue weighted by Gasteiger charge is 2.66. The molecule has 7 rings (SSSR count). The summed E-state index contributed by atoms with van der Waals surface area (Å²) in [5.41, 5.74) is 8.46. The van der Waals surface area contributed by atoms with Crippen LogP contribution in [0, 0.1) is 5.82 Å². The first-order chi connectivity index (χ1) is 53.6. The Labute approximate surface area is 766 Å². The summed E-state index contributed by atoms with van der Waals surface area (Å²) in [6, 6.07) is 28.2. The third-order valence-electron chi connectivity index (χ3n) is 24.2. The molecule has 0 saturated carbocycles. The van der Waals surface area contributed by atoms with Gasteiger partial charge in [-0.25, -0.2) is 4.39 Å². The fraction of sp³-hybridized carbons (Fsp3) is 0.212. The van der Waals surface area contributed by atoms with E-state index in [0.29, 0.717) is 6.61 Å². The number of ether oxygens (including phenoxy) is 2. The molecule has 2 aliphatic rings. The second-order valence-electron chi connectivity index (χ2n) is 31.7. The molecule has 0 amide bonds. The maximum absolute atomic E-state index is 13.9. The van der Waals surface area contributed by atoms with E-state index in [-0.39, 0.29) is 17.9 Å². The zero-order chi connectivity index (χ0) is 86.9. The normalized spacial score (nSPS) is 12.7. The average molecular weight is 1410 g/mol. The van der Waals surface area contributed by atoms with Crippen molar-refractivity contribution in [2.24, 2.45) is 0 Å². The number of aromatic nitrogens is 1. The highest BCUT2D eigenvalue weighted by atomic mass is 79.9. The Morgan fingerprint density at radius 2 is 0.704 bits per heavy atom. The van der Waals surface area contributed by atoms with E-state index in [0.717, 1.165) is 52.0 Å². The van der Waals surface area contributed by atoms with E-state index in [2.05, 4.69) is 74.3 Å². The summed E-state index contributed by atoms with van der Waals surface area (Å²) in [6.45, 7) is 1.37. The zero-order valence-corrected chi connectivity index (χ0v) is 67.1. The summed E-state index contributed by atoms with van der Waals surface area (Å²) in [5, 5.41) is 1.26. The molecule has 424 valence electrons. The Balaban J connectivity index is 0.000000431. The van der Waals surface area contributed by atoms with Crippen LogP contribution < -0.4 is 9.47 Å². The van der Waals surface area contributed by atoms with Crippen LogP contribution in [0.4, 0.5) is 4.39 Å². The Morgan fingerprint density at radius 3 is 1.03 bits per heavy atom. The molecule has 2 aliphatic heterocycles. The second-order valence-corrected chi connectivity index (χ2v) is 32.6. The lowest BCUT2D eigenvalue weighted by atomic mass is 8.20. The number of hydrogen-bond acceptors (Lipinski definition) is 3. The molecule has 0 saturated heterocycles. The van der Waals surface area contributed by atoms with Crippen molar-refractivity contribution in [1.29, 1.82) is 0 Å². The minimum Gasteiger partial charge on any atom is -0.493 e. The van der Waals surface area contributed by atoms with Gasteiger partial charge in [0.25, 0.3) is 0 Å². The van der Waals surface area contributed by atoms with Gasteiger partial charge in [-0.1, -0.05) is 58.4 Å². The maximum atomic E-state index is 13.9. The fourth-order valence-electron chi connectivity index (χ4n) is 19.7. The van der Waals surface area contributed by atoms with Crippen LogP contribution >= 0.6 is 15.9 Å². The maximum Gasteiger partial charge on any atom is 0.161 e. The van der Waals surface area contributed by atoms with Crippen LogP contribution in [0.2, 0.25) is 0 Å². The lowest BCUT2D eigenvalue weighted by Gasteiger charge is -2.61. The van der Waals surface area contributed by atoms with E-state index in [4.69, 9.17) is 311 Å². The van der Waals surface area contributed by atoms with Gasteiger partial charge < -0.3 is 14.5 Å². The van der Waals surface area contributed by atoms with Gasteiger partial charge in [-0.05, 0) is 83.1 Å². The minimum absolute atomic E-state index is 0.0132. The van der Waals surface area contributed by atoms with Crippen molar-refractivity contribution in [3.8, 4) is 11.5 Å². The van der Waals surface area contributed by atoms with Crippen molar-refractivity contribution < 1.29 is 13.9 Å². The molecule has 4 aromatic carbocycles. The quantitative estimate of drug-likeness (QED) is 0.0396. The van der Waals surface area contributed by atoms with Crippen molar-refractivity contribution >= 4 is 565 Å². The van der Waals surface area contributed by atoms with E-state index in [1.807, 2.05) is 24.3 Å². The molecular weight excluding hydrogens is 1380 g/mol. The van der Waals surface area contributed by atoms with Crippen LogP contribution in [0.1, 0.15) is 45.6 Å². The Morgan fingerprint density at radius 1 is 0.383 bits per heavy atom. The molecule has 115 heavy (non-hydrogen) atoms. The van der Waals surface area contributed by atoms with Crippen LogP contribution in [0.15, 0.2) is 89.4 Å². The lowest BCUT2D eigenvalue weighted by molar-refractivity contribution is 0.127. The van der Waals surface area contributed by atoms with Crippen molar-refractivity contribution in [3.63, 3.8) is 0 Å². The number of rotatable bonds is 41.